The first-order chi connectivity index (χ1) is 12.2. The number of amides is 1. The first kappa shape index (κ1) is 19.7. The lowest BCUT2D eigenvalue weighted by Gasteiger charge is -2.20. The topological polar surface area (TPSA) is 55.4 Å². The van der Waals surface area contributed by atoms with Gasteiger partial charge in [-0.05, 0) is 35.6 Å². The van der Waals surface area contributed by atoms with Crippen molar-refractivity contribution in [1.82, 2.24) is 5.32 Å². The molecule has 1 unspecified atom stereocenters. The summed E-state index contributed by atoms with van der Waals surface area (Å²) in [5.74, 6) is -0.738. The molecule has 1 amide bonds. The minimum atomic E-state index is -0.725. The summed E-state index contributed by atoms with van der Waals surface area (Å²) in [5, 5.41) is 2.79. The zero-order valence-corrected chi connectivity index (χ0v) is 16.1. The third kappa shape index (κ3) is 5.19. The van der Waals surface area contributed by atoms with Gasteiger partial charge >= 0.3 is 5.97 Å². The molecule has 0 fully saturated rings. The maximum Gasteiger partial charge on any atom is 0.328 e. The van der Waals surface area contributed by atoms with Crippen molar-refractivity contribution >= 4 is 11.9 Å². The van der Waals surface area contributed by atoms with Gasteiger partial charge in [0.05, 0.1) is 7.11 Å². The molecule has 0 heterocycles. The Morgan fingerprint density at radius 1 is 1.00 bits per heavy atom. The van der Waals surface area contributed by atoms with Gasteiger partial charge < -0.3 is 10.1 Å². The molecule has 0 aliphatic carbocycles. The molecule has 1 N–H and O–H groups in total. The monoisotopic (exact) mass is 353 g/mol. The van der Waals surface area contributed by atoms with Gasteiger partial charge in [-0.1, -0.05) is 62.7 Å². The van der Waals surface area contributed by atoms with E-state index in [9.17, 15) is 9.59 Å². The van der Waals surface area contributed by atoms with Gasteiger partial charge in [-0.3, -0.25) is 4.79 Å². The predicted molar refractivity (Wildman–Crippen MR) is 103 cm³/mol. The SMILES string of the molecule is COC(=O)C(Cc1ccc(C)cc1)NC(=O)c1ccc(C(C)(C)C)cc1. The van der Waals surface area contributed by atoms with Gasteiger partial charge in [0.25, 0.3) is 5.91 Å². The highest BCUT2D eigenvalue weighted by Crippen LogP contribution is 2.22. The van der Waals surface area contributed by atoms with Crippen LogP contribution in [0.25, 0.3) is 0 Å². The fourth-order valence-corrected chi connectivity index (χ4v) is 2.66. The average molecular weight is 353 g/mol. The number of nitrogens with one attached hydrogen (secondary N) is 1. The largest absolute Gasteiger partial charge is 0.467 e. The minimum Gasteiger partial charge on any atom is -0.467 e. The number of benzene rings is 2. The van der Waals surface area contributed by atoms with Crippen molar-refractivity contribution < 1.29 is 14.3 Å². The number of aryl methyl sites for hydroxylation is 1. The van der Waals surface area contributed by atoms with E-state index in [1.54, 1.807) is 12.1 Å². The molecule has 0 aromatic heterocycles. The predicted octanol–water partition coefficient (Wildman–Crippen LogP) is 3.81. The van der Waals surface area contributed by atoms with Crippen LogP contribution in [-0.2, 0) is 21.4 Å². The molecule has 138 valence electrons. The van der Waals surface area contributed by atoms with Gasteiger partial charge in [0.15, 0.2) is 0 Å². The van der Waals surface area contributed by atoms with E-state index in [1.807, 2.05) is 43.3 Å². The van der Waals surface area contributed by atoms with Crippen LogP contribution in [0.1, 0.15) is 47.8 Å². The van der Waals surface area contributed by atoms with Crippen molar-refractivity contribution in [1.29, 1.82) is 0 Å². The summed E-state index contributed by atoms with van der Waals surface area (Å²) in [6.07, 6.45) is 0.388. The highest BCUT2D eigenvalue weighted by Gasteiger charge is 2.23. The number of esters is 1. The molecule has 0 saturated carbocycles. The van der Waals surface area contributed by atoms with Gasteiger partial charge in [-0.2, -0.15) is 0 Å². The van der Waals surface area contributed by atoms with E-state index in [4.69, 9.17) is 4.74 Å². The maximum atomic E-state index is 12.6. The van der Waals surface area contributed by atoms with Crippen LogP contribution < -0.4 is 5.32 Å². The van der Waals surface area contributed by atoms with Crippen molar-refractivity contribution in [3.8, 4) is 0 Å². The molecule has 26 heavy (non-hydrogen) atoms. The Kier molecular flexibility index (Phi) is 6.19. The zero-order valence-electron chi connectivity index (χ0n) is 16.1. The molecule has 0 radical (unpaired) electrons. The molecule has 2 aromatic carbocycles. The smallest absolute Gasteiger partial charge is 0.328 e. The summed E-state index contributed by atoms with van der Waals surface area (Å²) in [4.78, 5) is 24.7. The molecule has 0 saturated heterocycles. The fourth-order valence-electron chi connectivity index (χ4n) is 2.66. The van der Waals surface area contributed by atoms with Crippen LogP contribution in [0.4, 0.5) is 0 Å². The Hall–Kier alpha value is -2.62. The highest BCUT2D eigenvalue weighted by molar-refractivity contribution is 5.96. The summed E-state index contributed by atoms with van der Waals surface area (Å²) in [5.41, 5.74) is 3.81. The second-order valence-electron chi connectivity index (χ2n) is 7.57. The molecule has 0 aliphatic rings. The van der Waals surface area contributed by atoms with Crippen LogP contribution in [-0.4, -0.2) is 25.0 Å². The average Bonchev–Trinajstić information content (AvgIpc) is 2.61. The van der Waals surface area contributed by atoms with E-state index in [2.05, 4.69) is 26.1 Å². The molecule has 0 aliphatic heterocycles. The Balaban J connectivity index is 2.13. The lowest BCUT2D eigenvalue weighted by Crippen LogP contribution is -2.43. The van der Waals surface area contributed by atoms with Crippen LogP contribution >= 0.6 is 0 Å². The van der Waals surface area contributed by atoms with Crippen molar-refractivity contribution in [2.24, 2.45) is 0 Å². The molecule has 0 spiro atoms. The van der Waals surface area contributed by atoms with E-state index < -0.39 is 12.0 Å². The number of carbonyl (C=O) groups is 2. The minimum absolute atomic E-state index is 0.0228. The van der Waals surface area contributed by atoms with Gasteiger partial charge in [0.2, 0.25) is 0 Å². The van der Waals surface area contributed by atoms with Crippen LogP contribution in [0, 0.1) is 6.92 Å². The molecule has 1 atom stereocenters. The summed E-state index contributed by atoms with van der Waals surface area (Å²) < 4.78 is 4.86. The van der Waals surface area contributed by atoms with Crippen molar-refractivity contribution in [3.63, 3.8) is 0 Å². The Morgan fingerprint density at radius 2 is 1.58 bits per heavy atom. The summed E-state index contributed by atoms with van der Waals surface area (Å²) in [7, 11) is 1.33. The standard InChI is InChI=1S/C22H27NO3/c1-15-6-8-16(9-7-15)14-19(21(25)26-5)23-20(24)17-10-12-18(13-11-17)22(2,3)4/h6-13,19H,14H2,1-5H3,(H,23,24). The third-order valence-corrected chi connectivity index (χ3v) is 4.36. The normalized spacial score (nSPS) is 12.3. The number of ether oxygens (including phenoxy) is 1. The Morgan fingerprint density at radius 3 is 2.08 bits per heavy atom. The molecule has 4 nitrogen and oxygen atoms in total. The second-order valence-corrected chi connectivity index (χ2v) is 7.57. The van der Waals surface area contributed by atoms with E-state index in [0.29, 0.717) is 12.0 Å². The van der Waals surface area contributed by atoms with Crippen molar-refractivity contribution in [2.45, 2.75) is 45.6 Å². The van der Waals surface area contributed by atoms with E-state index in [0.717, 1.165) is 16.7 Å². The number of methoxy groups -OCH3 is 1. The molecule has 2 rings (SSSR count). The Labute approximate surface area is 155 Å². The molecular weight excluding hydrogens is 326 g/mol. The van der Waals surface area contributed by atoms with E-state index >= 15 is 0 Å². The first-order valence-corrected chi connectivity index (χ1v) is 8.75. The van der Waals surface area contributed by atoms with Crippen LogP contribution in [0.2, 0.25) is 0 Å². The fraction of sp³-hybridized carbons (Fsp3) is 0.364. The third-order valence-electron chi connectivity index (χ3n) is 4.36. The molecule has 2 aromatic rings. The number of rotatable bonds is 5. The number of hydrogen-bond donors (Lipinski definition) is 1. The van der Waals surface area contributed by atoms with Crippen molar-refractivity contribution in [3.05, 3.63) is 70.8 Å². The molecular formula is C22H27NO3. The second kappa shape index (κ2) is 8.17. The highest BCUT2D eigenvalue weighted by atomic mass is 16.5. The summed E-state index contributed by atoms with van der Waals surface area (Å²) in [6.45, 7) is 8.37. The van der Waals surface area contributed by atoms with Gasteiger partial charge in [0, 0.05) is 12.0 Å². The number of carbonyl (C=O) groups excluding carboxylic acids is 2. The van der Waals surface area contributed by atoms with Gasteiger partial charge in [-0.15, -0.1) is 0 Å². The first-order valence-electron chi connectivity index (χ1n) is 8.75. The van der Waals surface area contributed by atoms with Crippen LogP contribution in [0.5, 0.6) is 0 Å². The van der Waals surface area contributed by atoms with Gasteiger partial charge in [0.1, 0.15) is 6.04 Å². The molecule has 0 bridgehead atoms. The Bertz CT molecular complexity index is 755. The van der Waals surface area contributed by atoms with E-state index in [-0.39, 0.29) is 11.3 Å². The maximum absolute atomic E-state index is 12.6. The van der Waals surface area contributed by atoms with Crippen molar-refractivity contribution in [2.75, 3.05) is 7.11 Å². The zero-order chi connectivity index (χ0) is 19.3. The quantitative estimate of drug-likeness (QED) is 0.832. The molecule has 4 heteroatoms. The van der Waals surface area contributed by atoms with Crippen LogP contribution in [0.3, 0.4) is 0 Å². The van der Waals surface area contributed by atoms with E-state index in [1.165, 1.54) is 7.11 Å². The lowest BCUT2D eigenvalue weighted by molar-refractivity contribution is -0.142. The lowest BCUT2D eigenvalue weighted by atomic mass is 9.86. The summed E-state index contributed by atoms with van der Waals surface area (Å²) >= 11 is 0. The number of hydrogen-bond acceptors (Lipinski definition) is 3. The van der Waals surface area contributed by atoms with Crippen LogP contribution in [0.15, 0.2) is 48.5 Å². The summed E-state index contributed by atoms with van der Waals surface area (Å²) in [6, 6.07) is 14.6. The van der Waals surface area contributed by atoms with Gasteiger partial charge in [-0.25, -0.2) is 4.79 Å².